The Labute approximate surface area is 42.6 Å². The van der Waals surface area contributed by atoms with E-state index >= 15 is 0 Å². The highest BCUT2D eigenvalue weighted by Gasteiger charge is 1.70. The number of rotatable bonds is 3. The number of carbonyl (C=O) groups excluding carboxylic acids is 1. The minimum atomic E-state index is 0.458. The van der Waals surface area contributed by atoms with Crippen LogP contribution in [0.15, 0.2) is 11.1 Å². The monoisotopic (exact) mass is 96.0 g/mol. The second kappa shape index (κ2) is 5.12. The SMILES string of the molecule is [CH]=CCCN=C=O. The molecule has 37 valence electrons. The summed E-state index contributed by atoms with van der Waals surface area (Å²) in [6, 6.07) is 0. The summed E-state index contributed by atoms with van der Waals surface area (Å²) in [7, 11) is 0. The Balaban J connectivity index is 2.97. The van der Waals surface area contributed by atoms with Crippen molar-refractivity contribution in [2.75, 3.05) is 6.54 Å². The third-order valence-corrected chi connectivity index (χ3v) is 0.472. The smallest absolute Gasteiger partial charge is 0.211 e. The van der Waals surface area contributed by atoms with Gasteiger partial charge in [-0.3, -0.25) is 0 Å². The van der Waals surface area contributed by atoms with Crippen LogP contribution in [0.25, 0.3) is 0 Å². The summed E-state index contributed by atoms with van der Waals surface area (Å²) in [6.45, 7) is 5.41. The van der Waals surface area contributed by atoms with Gasteiger partial charge < -0.3 is 0 Å². The van der Waals surface area contributed by atoms with E-state index in [-0.39, 0.29) is 0 Å². The van der Waals surface area contributed by atoms with Crippen LogP contribution in [0.1, 0.15) is 6.42 Å². The highest BCUT2D eigenvalue weighted by molar-refractivity contribution is 5.32. The molecule has 1 radical (unpaired) electrons. The average Bonchev–Trinajstić information content (AvgIpc) is 1.69. The third kappa shape index (κ3) is 5.12. The Morgan fingerprint density at radius 2 is 2.57 bits per heavy atom. The zero-order chi connectivity index (χ0) is 5.54. The fourth-order valence-corrected chi connectivity index (χ4v) is 0.185. The van der Waals surface area contributed by atoms with E-state index in [2.05, 4.69) is 4.99 Å². The van der Waals surface area contributed by atoms with Gasteiger partial charge in [0.05, 0.1) is 6.54 Å². The van der Waals surface area contributed by atoms with Crippen LogP contribution in [0, 0.1) is 6.58 Å². The van der Waals surface area contributed by atoms with Gasteiger partial charge in [0.1, 0.15) is 0 Å². The lowest BCUT2D eigenvalue weighted by Gasteiger charge is -1.75. The van der Waals surface area contributed by atoms with Crippen molar-refractivity contribution in [1.29, 1.82) is 0 Å². The van der Waals surface area contributed by atoms with E-state index in [1.165, 1.54) is 12.2 Å². The van der Waals surface area contributed by atoms with Crippen molar-refractivity contribution in [3.63, 3.8) is 0 Å². The molecule has 0 fully saturated rings. The molecule has 0 aromatic rings. The van der Waals surface area contributed by atoms with E-state index in [9.17, 15) is 4.79 Å². The number of nitrogens with zero attached hydrogens (tertiary/aromatic N) is 1. The van der Waals surface area contributed by atoms with Crippen molar-refractivity contribution >= 4 is 6.08 Å². The van der Waals surface area contributed by atoms with Gasteiger partial charge >= 0.3 is 0 Å². The highest BCUT2D eigenvalue weighted by Crippen LogP contribution is 1.76. The van der Waals surface area contributed by atoms with Gasteiger partial charge in [-0.05, 0) is 6.42 Å². The van der Waals surface area contributed by atoms with E-state index in [1.807, 2.05) is 0 Å². The molecule has 0 amide bonds. The molecule has 2 nitrogen and oxygen atoms in total. The Bertz CT molecular complexity index is 92.3. The van der Waals surface area contributed by atoms with Gasteiger partial charge in [-0.2, -0.15) is 0 Å². The van der Waals surface area contributed by atoms with E-state index in [0.717, 1.165) is 0 Å². The molecule has 0 saturated heterocycles. The first-order chi connectivity index (χ1) is 3.41. The van der Waals surface area contributed by atoms with Crippen LogP contribution in [0.4, 0.5) is 0 Å². The van der Waals surface area contributed by atoms with Gasteiger partial charge in [-0.25, -0.2) is 9.79 Å². The first kappa shape index (κ1) is 6.12. The summed E-state index contributed by atoms with van der Waals surface area (Å²) in [5, 5.41) is 0. The fourth-order valence-electron chi connectivity index (χ4n) is 0.185. The van der Waals surface area contributed by atoms with Crippen molar-refractivity contribution in [1.82, 2.24) is 0 Å². The van der Waals surface area contributed by atoms with Crippen LogP contribution in [-0.4, -0.2) is 12.6 Å². The van der Waals surface area contributed by atoms with Gasteiger partial charge in [0.25, 0.3) is 0 Å². The Morgan fingerprint density at radius 3 is 3.00 bits per heavy atom. The predicted molar refractivity (Wildman–Crippen MR) is 26.5 cm³/mol. The molecule has 0 atom stereocenters. The second-order valence-corrected chi connectivity index (χ2v) is 0.997. The predicted octanol–water partition coefficient (Wildman–Crippen LogP) is 0.701. The Morgan fingerprint density at radius 1 is 1.86 bits per heavy atom. The Kier molecular flexibility index (Phi) is 4.48. The average molecular weight is 96.1 g/mol. The lowest BCUT2D eigenvalue weighted by Crippen LogP contribution is -1.71. The van der Waals surface area contributed by atoms with Gasteiger partial charge in [-0.1, -0.05) is 12.7 Å². The van der Waals surface area contributed by atoms with Crippen LogP contribution in [0.2, 0.25) is 0 Å². The summed E-state index contributed by atoms with van der Waals surface area (Å²) < 4.78 is 0. The van der Waals surface area contributed by atoms with Crippen LogP contribution in [0.5, 0.6) is 0 Å². The van der Waals surface area contributed by atoms with Gasteiger partial charge in [0, 0.05) is 0 Å². The van der Waals surface area contributed by atoms with Crippen molar-refractivity contribution in [2.24, 2.45) is 4.99 Å². The van der Waals surface area contributed by atoms with E-state index in [4.69, 9.17) is 6.58 Å². The molecule has 0 aliphatic heterocycles. The van der Waals surface area contributed by atoms with Crippen LogP contribution >= 0.6 is 0 Å². The van der Waals surface area contributed by atoms with E-state index in [0.29, 0.717) is 13.0 Å². The van der Waals surface area contributed by atoms with Crippen LogP contribution in [-0.2, 0) is 4.79 Å². The largest absolute Gasteiger partial charge is 0.234 e. The first-order valence-corrected chi connectivity index (χ1v) is 1.99. The molecule has 2 heteroatoms. The number of hydrogen-bond donors (Lipinski definition) is 0. The fraction of sp³-hybridized carbons (Fsp3) is 0.400. The molecule has 0 saturated carbocycles. The zero-order valence-corrected chi connectivity index (χ0v) is 3.92. The maximum Gasteiger partial charge on any atom is 0.234 e. The van der Waals surface area contributed by atoms with Crippen molar-refractivity contribution in [3.8, 4) is 0 Å². The van der Waals surface area contributed by atoms with Gasteiger partial charge in [-0.15, -0.1) is 0 Å². The lowest BCUT2D eigenvalue weighted by molar-refractivity contribution is 0.563. The molecular weight excluding hydrogens is 90.1 g/mol. The number of aliphatic imine (C=N–C) groups is 1. The molecule has 0 spiro atoms. The topological polar surface area (TPSA) is 29.4 Å². The highest BCUT2D eigenvalue weighted by atomic mass is 16.1. The molecule has 0 bridgehead atoms. The minimum absolute atomic E-state index is 0.458. The van der Waals surface area contributed by atoms with E-state index in [1.54, 1.807) is 0 Å². The van der Waals surface area contributed by atoms with Gasteiger partial charge in [0.2, 0.25) is 6.08 Å². The molecular formula is C5H6NO. The van der Waals surface area contributed by atoms with Crippen molar-refractivity contribution in [3.05, 3.63) is 12.7 Å². The summed E-state index contributed by atoms with van der Waals surface area (Å²) in [4.78, 5) is 12.6. The normalized spacial score (nSPS) is 6.86. The molecule has 0 N–H and O–H groups in total. The number of hydrogen-bond acceptors (Lipinski definition) is 2. The van der Waals surface area contributed by atoms with Crippen molar-refractivity contribution in [2.45, 2.75) is 6.42 Å². The standard InChI is InChI=1S/C5H6NO/c1-2-3-4-6-5-7/h1-2H,3-4H2. The summed E-state index contributed by atoms with van der Waals surface area (Å²) in [6.07, 6.45) is 3.51. The third-order valence-electron chi connectivity index (χ3n) is 0.472. The number of isocyanates is 1. The minimum Gasteiger partial charge on any atom is -0.211 e. The first-order valence-electron chi connectivity index (χ1n) is 1.99. The molecule has 0 unspecified atom stereocenters. The van der Waals surface area contributed by atoms with Crippen molar-refractivity contribution < 1.29 is 4.79 Å². The molecule has 0 heterocycles. The molecule has 0 aliphatic rings. The Hall–Kier alpha value is -0.880. The quantitative estimate of drug-likeness (QED) is 0.289. The van der Waals surface area contributed by atoms with Crippen LogP contribution in [0.3, 0.4) is 0 Å². The second-order valence-electron chi connectivity index (χ2n) is 0.997. The maximum absolute atomic E-state index is 9.33. The summed E-state index contributed by atoms with van der Waals surface area (Å²) in [5.41, 5.74) is 0. The molecule has 0 aromatic carbocycles. The summed E-state index contributed by atoms with van der Waals surface area (Å²) >= 11 is 0. The molecule has 0 aliphatic carbocycles. The zero-order valence-electron chi connectivity index (χ0n) is 3.92. The summed E-state index contributed by atoms with van der Waals surface area (Å²) in [5.74, 6) is 0. The molecule has 7 heavy (non-hydrogen) atoms. The maximum atomic E-state index is 9.33. The molecule has 0 aromatic heterocycles. The van der Waals surface area contributed by atoms with Gasteiger partial charge in [0.15, 0.2) is 0 Å². The molecule has 0 rings (SSSR count). The van der Waals surface area contributed by atoms with Crippen LogP contribution < -0.4 is 0 Å². The lowest BCUT2D eigenvalue weighted by atomic mass is 10.4. The van der Waals surface area contributed by atoms with E-state index < -0.39 is 0 Å².